The van der Waals surface area contributed by atoms with Crippen LogP contribution in [0.4, 0.5) is 5.69 Å². The van der Waals surface area contributed by atoms with Crippen molar-refractivity contribution in [1.82, 2.24) is 4.98 Å². The summed E-state index contributed by atoms with van der Waals surface area (Å²) in [6.07, 6.45) is 3.71. The first-order valence-corrected chi connectivity index (χ1v) is 7.71. The number of rotatable bonds is 5. The van der Waals surface area contributed by atoms with Gasteiger partial charge in [-0.2, -0.15) is 0 Å². The summed E-state index contributed by atoms with van der Waals surface area (Å²) in [7, 11) is 0. The molecule has 1 heterocycles. The van der Waals surface area contributed by atoms with E-state index >= 15 is 0 Å². The second kappa shape index (κ2) is 6.48. The smallest absolute Gasteiger partial charge is 0.231 e. The minimum atomic E-state index is -0.111. The number of carbonyl (C=O) groups excluding carboxylic acids is 1. The molecule has 0 radical (unpaired) electrons. The molecule has 1 atom stereocenters. The Bertz CT molecular complexity index is 761. The molecule has 3 nitrogen and oxygen atoms in total. The van der Waals surface area contributed by atoms with E-state index < -0.39 is 0 Å². The summed E-state index contributed by atoms with van der Waals surface area (Å²) >= 11 is 0. The van der Waals surface area contributed by atoms with E-state index in [2.05, 4.69) is 17.2 Å². The van der Waals surface area contributed by atoms with Gasteiger partial charge in [0.25, 0.3) is 0 Å². The minimum Gasteiger partial charge on any atom is -0.361 e. The summed E-state index contributed by atoms with van der Waals surface area (Å²) in [4.78, 5) is 15.9. The normalized spacial score (nSPS) is 12.2. The largest absolute Gasteiger partial charge is 0.361 e. The van der Waals surface area contributed by atoms with Crippen LogP contribution >= 0.6 is 0 Å². The Labute approximate surface area is 130 Å². The van der Waals surface area contributed by atoms with Crippen molar-refractivity contribution in [2.75, 3.05) is 5.32 Å². The van der Waals surface area contributed by atoms with Gasteiger partial charge in [0, 0.05) is 17.1 Å². The van der Waals surface area contributed by atoms with E-state index in [1.54, 1.807) is 0 Å². The highest BCUT2D eigenvalue weighted by Crippen LogP contribution is 2.26. The van der Waals surface area contributed by atoms with Crippen LogP contribution in [0.1, 0.15) is 31.2 Å². The molecule has 2 N–H and O–H groups in total. The van der Waals surface area contributed by atoms with Gasteiger partial charge in [-0.05, 0) is 30.2 Å². The van der Waals surface area contributed by atoms with Gasteiger partial charge in [0.2, 0.25) is 5.91 Å². The molecule has 3 aromatic rings. The SMILES string of the molecule is CCCC(C(=O)Nc1cccc2[nH]ccc12)c1ccccc1. The van der Waals surface area contributed by atoms with Gasteiger partial charge < -0.3 is 10.3 Å². The number of aromatic nitrogens is 1. The molecule has 112 valence electrons. The van der Waals surface area contributed by atoms with Crippen molar-refractivity contribution < 1.29 is 4.79 Å². The predicted molar refractivity (Wildman–Crippen MR) is 91.0 cm³/mol. The van der Waals surface area contributed by atoms with Gasteiger partial charge in [0.15, 0.2) is 0 Å². The molecular weight excluding hydrogens is 272 g/mol. The van der Waals surface area contributed by atoms with Crippen LogP contribution in [0.5, 0.6) is 0 Å². The third kappa shape index (κ3) is 2.89. The lowest BCUT2D eigenvalue weighted by Gasteiger charge is -2.17. The molecule has 1 unspecified atom stereocenters. The van der Waals surface area contributed by atoms with Crippen LogP contribution in [-0.4, -0.2) is 10.9 Å². The number of H-pyrrole nitrogens is 1. The topological polar surface area (TPSA) is 44.9 Å². The van der Waals surface area contributed by atoms with Gasteiger partial charge in [-0.1, -0.05) is 49.7 Å². The Kier molecular flexibility index (Phi) is 4.24. The molecule has 0 fully saturated rings. The molecule has 3 rings (SSSR count). The fraction of sp³-hybridized carbons (Fsp3) is 0.211. The van der Waals surface area contributed by atoms with E-state index in [-0.39, 0.29) is 11.8 Å². The molecule has 22 heavy (non-hydrogen) atoms. The highest BCUT2D eigenvalue weighted by atomic mass is 16.1. The molecule has 2 aromatic carbocycles. The molecule has 0 aliphatic carbocycles. The highest BCUT2D eigenvalue weighted by molar-refractivity contribution is 6.03. The first kappa shape index (κ1) is 14.4. The fourth-order valence-corrected chi connectivity index (χ4v) is 2.84. The lowest BCUT2D eigenvalue weighted by molar-refractivity contribution is -0.117. The lowest BCUT2D eigenvalue weighted by Crippen LogP contribution is -2.21. The monoisotopic (exact) mass is 292 g/mol. The van der Waals surface area contributed by atoms with Crippen molar-refractivity contribution in [3.63, 3.8) is 0 Å². The number of hydrogen-bond donors (Lipinski definition) is 2. The Balaban J connectivity index is 1.87. The Morgan fingerprint density at radius 3 is 2.68 bits per heavy atom. The average Bonchev–Trinajstić information content (AvgIpc) is 3.03. The van der Waals surface area contributed by atoms with Crippen LogP contribution in [0.15, 0.2) is 60.8 Å². The van der Waals surface area contributed by atoms with Gasteiger partial charge >= 0.3 is 0 Å². The predicted octanol–water partition coefficient (Wildman–Crippen LogP) is 4.69. The quantitative estimate of drug-likeness (QED) is 0.704. The standard InChI is InChI=1S/C19H20N2O/c1-2-7-15(14-8-4-3-5-9-14)19(22)21-18-11-6-10-17-16(18)12-13-20-17/h3-6,8-13,15,20H,2,7H2,1H3,(H,21,22). The molecular formula is C19H20N2O. The zero-order valence-corrected chi connectivity index (χ0v) is 12.7. The molecule has 0 aliphatic rings. The van der Waals surface area contributed by atoms with E-state index in [1.807, 2.05) is 60.8 Å². The number of hydrogen-bond acceptors (Lipinski definition) is 1. The van der Waals surface area contributed by atoms with E-state index in [0.29, 0.717) is 0 Å². The molecule has 1 aromatic heterocycles. The number of amides is 1. The third-order valence-electron chi connectivity index (χ3n) is 3.95. The lowest BCUT2D eigenvalue weighted by atomic mass is 9.93. The van der Waals surface area contributed by atoms with E-state index in [9.17, 15) is 4.79 Å². The summed E-state index contributed by atoms with van der Waals surface area (Å²) in [6.45, 7) is 2.11. The maximum Gasteiger partial charge on any atom is 0.231 e. The minimum absolute atomic E-state index is 0.0572. The molecule has 0 spiro atoms. The van der Waals surface area contributed by atoms with Crippen molar-refractivity contribution in [2.24, 2.45) is 0 Å². The van der Waals surface area contributed by atoms with E-state index in [1.165, 1.54) is 0 Å². The van der Waals surface area contributed by atoms with Crippen LogP contribution in [0, 0.1) is 0 Å². The van der Waals surface area contributed by atoms with Gasteiger partial charge in [0.1, 0.15) is 0 Å². The maximum absolute atomic E-state index is 12.7. The first-order chi connectivity index (χ1) is 10.8. The van der Waals surface area contributed by atoms with Gasteiger partial charge in [-0.25, -0.2) is 0 Å². The van der Waals surface area contributed by atoms with E-state index in [4.69, 9.17) is 0 Å². The maximum atomic E-state index is 12.7. The highest BCUT2D eigenvalue weighted by Gasteiger charge is 2.20. The zero-order valence-electron chi connectivity index (χ0n) is 12.7. The summed E-state index contributed by atoms with van der Waals surface area (Å²) < 4.78 is 0. The number of aromatic amines is 1. The summed E-state index contributed by atoms with van der Waals surface area (Å²) in [5.74, 6) is -0.0536. The van der Waals surface area contributed by atoms with Gasteiger partial charge in [0.05, 0.1) is 11.6 Å². The molecule has 0 aliphatic heterocycles. The molecule has 0 bridgehead atoms. The van der Waals surface area contributed by atoms with Gasteiger partial charge in [-0.15, -0.1) is 0 Å². The summed E-state index contributed by atoms with van der Waals surface area (Å²) in [5, 5.41) is 4.14. The average molecular weight is 292 g/mol. The van der Waals surface area contributed by atoms with Crippen molar-refractivity contribution in [2.45, 2.75) is 25.7 Å². The summed E-state index contributed by atoms with van der Waals surface area (Å²) in [5.41, 5.74) is 2.97. The Morgan fingerprint density at radius 1 is 1.09 bits per heavy atom. The van der Waals surface area contributed by atoms with Crippen LogP contribution in [0.25, 0.3) is 10.9 Å². The second-order valence-corrected chi connectivity index (χ2v) is 5.49. The number of anilines is 1. The van der Waals surface area contributed by atoms with Crippen LogP contribution < -0.4 is 5.32 Å². The fourth-order valence-electron chi connectivity index (χ4n) is 2.84. The van der Waals surface area contributed by atoms with E-state index in [0.717, 1.165) is 35.0 Å². The number of carbonyl (C=O) groups is 1. The van der Waals surface area contributed by atoms with Crippen LogP contribution in [-0.2, 0) is 4.79 Å². The van der Waals surface area contributed by atoms with Crippen molar-refractivity contribution in [1.29, 1.82) is 0 Å². The summed E-state index contributed by atoms with van der Waals surface area (Å²) in [6, 6.07) is 17.9. The molecule has 0 saturated heterocycles. The Hall–Kier alpha value is -2.55. The number of nitrogens with one attached hydrogen (secondary N) is 2. The van der Waals surface area contributed by atoms with Crippen LogP contribution in [0.3, 0.4) is 0 Å². The van der Waals surface area contributed by atoms with Gasteiger partial charge in [-0.3, -0.25) is 4.79 Å². The molecule has 0 saturated carbocycles. The first-order valence-electron chi connectivity index (χ1n) is 7.71. The van der Waals surface area contributed by atoms with Crippen LogP contribution in [0.2, 0.25) is 0 Å². The van der Waals surface area contributed by atoms with Crippen molar-refractivity contribution in [3.8, 4) is 0 Å². The zero-order chi connectivity index (χ0) is 15.4. The van der Waals surface area contributed by atoms with Crippen molar-refractivity contribution in [3.05, 3.63) is 66.4 Å². The third-order valence-corrected chi connectivity index (χ3v) is 3.95. The number of benzene rings is 2. The molecule has 3 heteroatoms. The second-order valence-electron chi connectivity index (χ2n) is 5.49. The molecule has 1 amide bonds. The number of fused-ring (bicyclic) bond motifs is 1. The van der Waals surface area contributed by atoms with Crippen molar-refractivity contribution >= 4 is 22.5 Å². The Morgan fingerprint density at radius 2 is 1.91 bits per heavy atom.